The second kappa shape index (κ2) is 15.0. The highest BCUT2D eigenvalue weighted by atomic mass is 19.1. The van der Waals surface area contributed by atoms with E-state index in [-0.39, 0.29) is 41.8 Å². The van der Waals surface area contributed by atoms with Gasteiger partial charge in [-0.15, -0.1) is 0 Å². The van der Waals surface area contributed by atoms with Crippen LogP contribution in [0.4, 0.5) is 8.78 Å². The molecule has 3 aliphatic heterocycles. The smallest absolute Gasteiger partial charge is 0.228 e. The van der Waals surface area contributed by atoms with Crippen molar-refractivity contribution in [3.63, 3.8) is 0 Å². The molecule has 8 unspecified atom stereocenters. The van der Waals surface area contributed by atoms with E-state index in [0.29, 0.717) is 45.6 Å². The molecule has 254 valence electrons. The second-order valence-electron chi connectivity index (χ2n) is 14.8. The number of piperidine rings is 1. The second-order valence-corrected chi connectivity index (χ2v) is 14.8. The van der Waals surface area contributed by atoms with Crippen molar-refractivity contribution in [1.29, 1.82) is 0 Å². The van der Waals surface area contributed by atoms with Gasteiger partial charge in [0.25, 0.3) is 0 Å². The third-order valence-corrected chi connectivity index (χ3v) is 11.6. The summed E-state index contributed by atoms with van der Waals surface area (Å²) in [5.41, 5.74) is 11.8. The van der Waals surface area contributed by atoms with E-state index in [0.717, 1.165) is 57.8 Å². The van der Waals surface area contributed by atoms with Crippen LogP contribution >= 0.6 is 0 Å². The van der Waals surface area contributed by atoms with Crippen molar-refractivity contribution >= 4 is 11.8 Å². The van der Waals surface area contributed by atoms with Gasteiger partial charge in [0.05, 0.1) is 23.7 Å². The predicted molar refractivity (Wildman–Crippen MR) is 171 cm³/mol. The first-order valence-electron chi connectivity index (χ1n) is 17.5. The number of halogens is 2. The normalized spacial score (nSPS) is 37.2. The van der Waals surface area contributed by atoms with Crippen LogP contribution in [-0.4, -0.2) is 104 Å². The Morgan fingerprint density at radius 2 is 1.64 bits per heavy atom. The van der Waals surface area contributed by atoms with E-state index in [1.165, 1.54) is 0 Å². The molecule has 4 rings (SSSR count). The fraction of sp³-hybridized carbons (Fsp3) is 0.939. The molecule has 4 fully saturated rings. The van der Waals surface area contributed by atoms with E-state index < -0.39 is 36.0 Å². The van der Waals surface area contributed by atoms with Crippen LogP contribution in [0.3, 0.4) is 0 Å². The van der Waals surface area contributed by atoms with Crippen LogP contribution < -0.4 is 27.4 Å². The van der Waals surface area contributed by atoms with Crippen molar-refractivity contribution in [3.05, 3.63) is 0 Å². The SMILES string of the molecule is CCCCCC1(NC(=O)C(C(N)N)C2CC3(CCCCC)CC3(C)CC(F)CN2)CNCC(F)C1N1CCN(C(C)=O)CC1. The maximum absolute atomic E-state index is 16.1. The minimum atomic E-state index is -1.19. The Hall–Kier alpha value is -1.40. The van der Waals surface area contributed by atoms with Crippen LogP contribution in [0.15, 0.2) is 0 Å². The van der Waals surface area contributed by atoms with Gasteiger partial charge in [0.15, 0.2) is 0 Å². The third kappa shape index (κ3) is 7.76. The maximum Gasteiger partial charge on any atom is 0.228 e. The topological polar surface area (TPSA) is 129 Å². The average Bonchev–Trinajstić information content (AvgIpc) is 3.51. The molecular formula is C33H61F2N7O2. The number of nitrogens with one attached hydrogen (secondary N) is 3. The molecule has 11 heteroatoms. The number of unbranched alkanes of at least 4 members (excludes halogenated alkanes) is 4. The Labute approximate surface area is 264 Å². The highest BCUT2D eigenvalue weighted by molar-refractivity contribution is 5.81. The summed E-state index contributed by atoms with van der Waals surface area (Å²) in [6.07, 6.45) is 6.87. The number of fused-ring (bicyclic) bond motifs is 1. The van der Waals surface area contributed by atoms with E-state index in [1.54, 1.807) is 11.8 Å². The first kappa shape index (κ1) is 35.5. The number of nitrogens with zero attached hydrogens (tertiary/aromatic N) is 2. The monoisotopic (exact) mass is 625 g/mol. The molecule has 1 aliphatic carbocycles. The van der Waals surface area contributed by atoms with Crippen LogP contribution in [0.1, 0.15) is 98.3 Å². The summed E-state index contributed by atoms with van der Waals surface area (Å²) < 4.78 is 31.3. The minimum Gasteiger partial charge on any atom is -0.347 e. The first-order valence-corrected chi connectivity index (χ1v) is 17.5. The Kier molecular flexibility index (Phi) is 12.1. The van der Waals surface area contributed by atoms with Gasteiger partial charge in [0.2, 0.25) is 11.8 Å². The molecular weight excluding hydrogens is 564 g/mol. The van der Waals surface area contributed by atoms with Crippen LogP contribution in [0, 0.1) is 16.7 Å². The summed E-state index contributed by atoms with van der Waals surface area (Å²) in [4.78, 5) is 30.4. The molecule has 0 aromatic carbocycles. The molecule has 0 aromatic heterocycles. The van der Waals surface area contributed by atoms with Crippen molar-refractivity contribution < 1.29 is 18.4 Å². The van der Waals surface area contributed by atoms with E-state index >= 15 is 8.78 Å². The van der Waals surface area contributed by atoms with E-state index in [9.17, 15) is 9.59 Å². The van der Waals surface area contributed by atoms with Crippen LogP contribution in [0.5, 0.6) is 0 Å². The van der Waals surface area contributed by atoms with Crippen LogP contribution in [-0.2, 0) is 9.59 Å². The Balaban J connectivity index is 1.61. The summed E-state index contributed by atoms with van der Waals surface area (Å²) in [5, 5.41) is 10.0. The van der Waals surface area contributed by atoms with Crippen molar-refractivity contribution in [2.75, 3.05) is 45.8 Å². The molecule has 2 amide bonds. The van der Waals surface area contributed by atoms with Crippen molar-refractivity contribution in [3.8, 4) is 0 Å². The molecule has 7 N–H and O–H groups in total. The number of carbonyl (C=O) groups is 2. The van der Waals surface area contributed by atoms with Crippen molar-refractivity contribution in [2.24, 2.45) is 28.2 Å². The summed E-state index contributed by atoms with van der Waals surface area (Å²) in [6.45, 7) is 11.1. The molecule has 44 heavy (non-hydrogen) atoms. The van der Waals surface area contributed by atoms with Gasteiger partial charge in [-0.05, 0) is 42.9 Å². The molecule has 4 aliphatic rings. The van der Waals surface area contributed by atoms with Crippen molar-refractivity contribution in [1.82, 2.24) is 25.8 Å². The molecule has 3 heterocycles. The fourth-order valence-corrected chi connectivity index (χ4v) is 9.05. The zero-order valence-corrected chi connectivity index (χ0v) is 27.8. The zero-order chi connectivity index (χ0) is 32.1. The standard InChI is InChI=1S/C33H61F2N7O2/c1-5-7-9-11-32-18-26(39-19-24(34)17-31(32,4)21-32)27(29(36)37)30(44)40-33(12-10-8-6-2)22-38-20-25(35)28(33)42-15-13-41(14-16-42)23(3)43/h24-29,38-39H,5-22,36-37H2,1-4H3,(H,40,44). The Morgan fingerprint density at radius 3 is 2.25 bits per heavy atom. The zero-order valence-electron chi connectivity index (χ0n) is 27.8. The van der Waals surface area contributed by atoms with Gasteiger partial charge >= 0.3 is 0 Å². The lowest BCUT2D eigenvalue weighted by atomic mass is 9.75. The molecule has 0 radical (unpaired) electrons. The molecule has 0 bridgehead atoms. The minimum absolute atomic E-state index is 0.0236. The predicted octanol–water partition coefficient (Wildman–Crippen LogP) is 2.82. The number of nitrogens with two attached hydrogens (primary N) is 2. The Bertz CT molecular complexity index is 966. The summed E-state index contributed by atoms with van der Waals surface area (Å²) in [5.74, 6) is -1.04. The van der Waals surface area contributed by atoms with Gasteiger partial charge in [0, 0.05) is 58.8 Å². The molecule has 9 nitrogen and oxygen atoms in total. The number of carbonyl (C=O) groups excluding carboxylic acids is 2. The first-order chi connectivity index (χ1) is 20.9. The van der Waals surface area contributed by atoms with E-state index in [4.69, 9.17) is 11.5 Å². The maximum atomic E-state index is 16.1. The van der Waals surface area contributed by atoms with Gasteiger partial charge in [-0.25, -0.2) is 8.78 Å². The highest BCUT2D eigenvalue weighted by Gasteiger charge is 2.65. The molecule has 0 aromatic rings. The summed E-state index contributed by atoms with van der Waals surface area (Å²) in [7, 11) is 0. The number of amides is 2. The average molecular weight is 626 g/mol. The number of alkyl halides is 2. The molecule has 8 atom stereocenters. The van der Waals surface area contributed by atoms with Crippen LogP contribution in [0.2, 0.25) is 0 Å². The molecule has 1 saturated carbocycles. The highest BCUT2D eigenvalue weighted by Crippen LogP contribution is 2.71. The number of rotatable bonds is 13. The number of hydrogen-bond donors (Lipinski definition) is 5. The largest absolute Gasteiger partial charge is 0.347 e. The quantitative estimate of drug-likeness (QED) is 0.157. The van der Waals surface area contributed by atoms with Crippen LogP contribution in [0.25, 0.3) is 0 Å². The number of piperazine rings is 1. The van der Waals surface area contributed by atoms with Gasteiger partial charge < -0.3 is 32.3 Å². The summed E-state index contributed by atoms with van der Waals surface area (Å²) in [6, 6.07) is -0.916. The van der Waals surface area contributed by atoms with Gasteiger partial charge in [0.1, 0.15) is 12.3 Å². The lowest BCUT2D eigenvalue weighted by Gasteiger charge is -2.53. The van der Waals surface area contributed by atoms with Crippen molar-refractivity contribution in [2.45, 2.75) is 134 Å². The van der Waals surface area contributed by atoms with Gasteiger partial charge in [-0.1, -0.05) is 59.3 Å². The van der Waals surface area contributed by atoms with Gasteiger partial charge in [-0.2, -0.15) is 0 Å². The number of hydrogen-bond acceptors (Lipinski definition) is 7. The van der Waals surface area contributed by atoms with E-state index in [1.807, 2.05) is 0 Å². The van der Waals surface area contributed by atoms with E-state index in [2.05, 4.69) is 41.6 Å². The summed E-state index contributed by atoms with van der Waals surface area (Å²) >= 11 is 0. The van der Waals surface area contributed by atoms with Gasteiger partial charge in [-0.3, -0.25) is 14.5 Å². The molecule has 0 spiro atoms. The lowest BCUT2D eigenvalue weighted by Crippen LogP contribution is -2.76. The third-order valence-electron chi connectivity index (χ3n) is 11.6. The lowest BCUT2D eigenvalue weighted by molar-refractivity contribution is -0.133. The fourth-order valence-electron chi connectivity index (χ4n) is 9.05. The molecule has 3 saturated heterocycles. The Morgan fingerprint density at radius 1 is 0.977 bits per heavy atom.